The second-order valence-electron chi connectivity index (χ2n) is 5.31. The number of hydrogen-bond acceptors (Lipinski definition) is 3. The largest absolute Gasteiger partial charge is 0.485 e. The van der Waals surface area contributed by atoms with Crippen LogP contribution in [0.2, 0.25) is 5.02 Å². The summed E-state index contributed by atoms with van der Waals surface area (Å²) in [6.45, 7) is 2.03. The number of rotatable bonds is 2. The first-order valence-corrected chi connectivity index (χ1v) is 7.18. The van der Waals surface area contributed by atoms with Crippen LogP contribution in [0.5, 0.6) is 5.75 Å². The lowest BCUT2D eigenvalue weighted by Gasteiger charge is -2.12. The van der Waals surface area contributed by atoms with Gasteiger partial charge in [-0.05, 0) is 47.9 Å². The molecular weight excluding hydrogens is 286 g/mol. The number of halogens is 1. The van der Waals surface area contributed by atoms with Crippen LogP contribution in [0, 0.1) is 6.92 Å². The molecule has 2 aromatic rings. The van der Waals surface area contributed by atoms with E-state index in [-0.39, 0.29) is 6.10 Å². The Balaban J connectivity index is 1.67. The molecule has 0 saturated carbocycles. The molecule has 1 unspecified atom stereocenters. The summed E-state index contributed by atoms with van der Waals surface area (Å²) in [6.07, 6.45) is 0.861. The third kappa shape index (κ3) is 2.09. The van der Waals surface area contributed by atoms with Gasteiger partial charge < -0.3 is 4.74 Å². The van der Waals surface area contributed by atoms with E-state index >= 15 is 0 Å². The van der Waals surface area contributed by atoms with Crippen molar-refractivity contribution in [2.45, 2.75) is 19.4 Å². The van der Waals surface area contributed by atoms with Crippen molar-refractivity contribution in [3.8, 4) is 5.75 Å². The molecule has 0 aliphatic carbocycles. The monoisotopic (exact) mass is 298 g/mol. The molecule has 4 nitrogen and oxygen atoms in total. The molecule has 2 aliphatic rings. The predicted molar refractivity (Wildman–Crippen MR) is 79.6 cm³/mol. The van der Waals surface area contributed by atoms with Crippen LogP contribution >= 0.6 is 11.6 Å². The van der Waals surface area contributed by atoms with Gasteiger partial charge in [-0.15, -0.1) is 10.2 Å². The van der Waals surface area contributed by atoms with E-state index in [9.17, 15) is 0 Å². The predicted octanol–water partition coefficient (Wildman–Crippen LogP) is 3.25. The number of benzene rings is 2. The van der Waals surface area contributed by atoms with Crippen LogP contribution in [-0.2, 0) is 6.42 Å². The van der Waals surface area contributed by atoms with Gasteiger partial charge in [-0.2, -0.15) is 0 Å². The van der Waals surface area contributed by atoms with Gasteiger partial charge in [-0.25, -0.2) is 0 Å². The number of nitrogens with one attached hydrogen (secondary N) is 1. The minimum Gasteiger partial charge on any atom is -0.485 e. The Kier molecular flexibility index (Phi) is 2.74. The second kappa shape index (κ2) is 4.62. The smallest absolute Gasteiger partial charge is 0.372 e. The Morgan fingerprint density at radius 1 is 1.33 bits per heavy atom. The molecule has 0 fully saturated rings. The Morgan fingerprint density at radius 3 is 2.95 bits per heavy atom. The molecule has 104 valence electrons. The van der Waals surface area contributed by atoms with E-state index in [0.717, 1.165) is 39.7 Å². The third-order valence-electron chi connectivity index (χ3n) is 3.82. The standard InChI is InChI=1S/C16H12ClN3O/c1-9-5-13(17)7-12-8-14(21-15(9)12)10-3-2-4-11(6-10)16-18-20-19-16/h2-7,14H,8H2,1H3/p+1. The fraction of sp³-hybridized carbons (Fsp3) is 0.188. The van der Waals surface area contributed by atoms with Crippen molar-refractivity contribution in [3.63, 3.8) is 0 Å². The van der Waals surface area contributed by atoms with Crippen molar-refractivity contribution < 1.29 is 9.53 Å². The van der Waals surface area contributed by atoms with Crippen LogP contribution in [0.1, 0.15) is 28.4 Å². The summed E-state index contributed by atoms with van der Waals surface area (Å²) in [5, 5.41) is 4.41. The maximum Gasteiger partial charge on any atom is 0.372 e. The van der Waals surface area contributed by atoms with Crippen molar-refractivity contribution in [3.05, 3.63) is 63.7 Å². The minimum atomic E-state index is 0.0229. The van der Waals surface area contributed by atoms with Gasteiger partial charge in [0.1, 0.15) is 17.1 Å². The summed E-state index contributed by atoms with van der Waals surface area (Å²) in [5.41, 5.74) is 7.24. The van der Waals surface area contributed by atoms with Crippen LogP contribution in [-0.4, -0.2) is 10.6 Å². The Hall–Kier alpha value is -2.29. The van der Waals surface area contributed by atoms with Crippen molar-refractivity contribution in [2.24, 2.45) is 5.22 Å². The molecule has 4 rings (SSSR count). The molecule has 0 bridgehead atoms. The third-order valence-corrected chi connectivity index (χ3v) is 4.04. The first-order chi connectivity index (χ1) is 10.2. The van der Waals surface area contributed by atoms with Crippen molar-refractivity contribution in [1.82, 2.24) is 5.43 Å². The number of nitrogens with zero attached hydrogens (tertiary/aromatic N) is 2. The highest BCUT2D eigenvalue weighted by Gasteiger charge is 2.27. The van der Waals surface area contributed by atoms with E-state index in [4.69, 9.17) is 16.3 Å². The van der Waals surface area contributed by atoms with E-state index in [2.05, 4.69) is 27.6 Å². The summed E-state index contributed by atoms with van der Waals surface area (Å²) in [4.78, 5) is 3.94. The first-order valence-electron chi connectivity index (χ1n) is 6.80. The zero-order valence-corrected chi connectivity index (χ0v) is 12.2. The highest BCUT2D eigenvalue weighted by molar-refractivity contribution is 6.30. The van der Waals surface area contributed by atoms with Crippen LogP contribution in [0.25, 0.3) is 0 Å². The second-order valence-corrected chi connectivity index (χ2v) is 5.74. The van der Waals surface area contributed by atoms with Gasteiger partial charge in [-0.1, -0.05) is 23.7 Å². The van der Waals surface area contributed by atoms with Crippen LogP contribution < -0.4 is 10.2 Å². The van der Waals surface area contributed by atoms with E-state index in [0.29, 0.717) is 0 Å². The summed E-state index contributed by atoms with van der Waals surface area (Å²) >= 11 is 6.13. The van der Waals surface area contributed by atoms with Crippen LogP contribution in [0.15, 0.2) is 41.6 Å². The van der Waals surface area contributed by atoms with E-state index < -0.39 is 0 Å². The van der Waals surface area contributed by atoms with Gasteiger partial charge >= 0.3 is 5.84 Å². The molecule has 1 atom stereocenters. The van der Waals surface area contributed by atoms with Crippen molar-refractivity contribution in [2.75, 3.05) is 0 Å². The molecule has 0 spiro atoms. The zero-order chi connectivity index (χ0) is 14.4. The normalized spacial score (nSPS) is 18.4. The summed E-state index contributed by atoms with van der Waals surface area (Å²) < 4.78 is 6.12. The number of ether oxygens (including phenoxy) is 1. The topological polar surface area (TPSA) is 47.7 Å². The fourth-order valence-corrected chi connectivity index (χ4v) is 3.09. The lowest BCUT2D eigenvalue weighted by molar-refractivity contribution is -0.140. The maximum absolute atomic E-state index is 6.13. The number of fused-ring (bicyclic) bond motifs is 1. The Morgan fingerprint density at radius 2 is 2.19 bits per heavy atom. The molecule has 0 aromatic heterocycles. The Bertz CT molecular complexity index is 809. The average Bonchev–Trinajstić information content (AvgIpc) is 2.81. The molecule has 0 amide bonds. The summed E-state index contributed by atoms with van der Waals surface area (Å²) in [6, 6.07) is 12.1. The SMILES string of the molecule is Cc1cc(Cl)cc2c1OC(c1cccc(C3=[N+]=NN3)c1)C2. The average molecular weight is 299 g/mol. The molecule has 21 heavy (non-hydrogen) atoms. The van der Waals surface area contributed by atoms with Crippen LogP contribution in [0.4, 0.5) is 0 Å². The van der Waals surface area contributed by atoms with Crippen molar-refractivity contribution >= 4 is 17.4 Å². The number of amidine groups is 1. The number of hydrogen-bond donors (Lipinski definition) is 1. The molecule has 0 radical (unpaired) electrons. The molecule has 5 heteroatoms. The Labute approximate surface area is 127 Å². The molecule has 2 heterocycles. The highest BCUT2D eigenvalue weighted by atomic mass is 35.5. The molecule has 2 aliphatic heterocycles. The quantitative estimate of drug-likeness (QED) is 0.865. The lowest BCUT2D eigenvalue weighted by atomic mass is 10.0. The summed E-state index contributed by atoms with van der Waals surface area (Å²) in [5.74, 6) is 1.76. The van der Waals surface area contributed by atoms with Gasteiger partial charge in [0.2, 0.25) is 0 Å². The van der Waals surface area contributed by atoms with Gasteiger partial charge in [0, 0.05) is 11.4 Å². The van der Waals surface area contributed by atoms with E-state index in [1.54, 1.807) is 0 Å². The number of aryl methyl sites for hydroxylation is 1. The lowest BCUT2D eigenvalue weighted by Crippen LogP contribution is -2.27. The van der Waals surface area contributed by atoms with Gasteiger partial charge in [0.05, 0.1) is 5.56 Å². The van der Waals surface area contributed by atoms with Crippen LogP contribution in [0.3, 0.4) is 0 Å². The maximum atomic E-state index is 6.13. The first kappa shape index (κ1) is 12.5. The van der Waals surface area contributed by atoms with E-state index in [1.807, 2.05) is 31.2 Å². The summed E-state index contributed by atoms with van der Waals surface area (Å²) in [7, 11) is 0. The van der Waals surface area contributed by atoms with Gasteiger partial charge in [0.15, 0.2) is 0 Å². The molecule has 2 aromatic carbocycles. The fourth-order valence-electron chi connectivity index (χ4n) is 2.80. The zero-order valence-electron chi connectivity index (χ0n) is 11.4. The molecule has 1 N–H and O–H groups in total. The minimum absolute atomic E-state index is 0.0229. The van der Waals surface area contributed by atoms with Crippen molar-refractivity contribution in [1.29, 1.82) is 0 Å². The van der Waals surface area contributed by atoms with Gasteiger partial charge in [-0.3, -0.25) is 0 Å². The van der Waals surface area contributed by atoms with Gasteiger partial charge in [0.25, 0.3) is 0 Å². The highest BCUT2D eigenvalue weighted by Crippen LogP contribution is 2.40. The van der Waals surface area contributed by atoms with E-state index in [1.165, 1.54) is 5.56 Å². The molecular formula is C16H13ClN3O+. The molecule has 0 saturated heterocycles.